The highest BCUT2D eigenvalue weighted by atomic mass is 32.2. The maximum absolute atomic E-state index is 12.6. The highest BCUT2D eigenvalue weighted by molar-refractivity contribution is 8.01. The Balaban J connectivity index is 1.33. The zero-order valence-electron chi connectivity index (χ0n) is 17.4. The second kappa shape index (κ2) is 10.7. The number of thioether (sulfide) groups is 1. The quantitative estimate of drug-likeness (QED) is 0.210. The Hall–Kier alpha value is -3.70. The molecular formula is C22H20N6O3S2. The molecule has 0 bridgehead atoms. The lowest BCUT2D eigenvalue weighted by Gasteiger charge is -2.06. The van der Waals surface area contributed by atoms with E-state index in [-0.39, 0.29) is 12.5 Å². The lowest BCUT2D eigenvalue weighted by molar-refractivity contribution is 0.102. The lowest BCUT2D eigenvalue weighted by atomic mass is 10.2. The molecule has 33 heavy (non-hydrogen) atoms. The number of nitrogens with one attached hydrogen (secondary N) is 2. The third-order valence-electron chi connectivity index (χ3n) is 4.31. The number of fused-ring (bicyclic) bond motifs is 1. The zero-order chi connectivity index (χ0) is 23.0. The molecular weight excluding hydrogens is 460 g/mol. The molecule has 2 amide bonds. The van der Waals surface area contributed by atoms with Crippen LogP contribution in [-0.2, 0) is 4.74 Å². The topological polar surface area (TPSA) is 111 Å². The predicted octanol–water partition coefficient (Wildman–Crippen LogP) is 4.13. The van der Waals surface area contributed by atoms with E-state index in [1.807, 2.05) is 18.2 Å². The molecule has 3 aromatic heterocycles. The number of amides is 2. The van der Waals surface area contributed by atoms with Gasteiger partial charge in [-0.25, -0.2) is 19.4 Å². The SMILES string of the molecule is C=CCOC(=O)NCCSc1nc2ccc(NC(=O)c3ccc(-n4cccn4)nc3)cc2s1. The van der Waals surface area contributed by atoms with E-state index in [2.05, 4.69) is 32.3 Å². The molecule has 0 unspecified atom stereocenters. The van der Waals surface area contributed by atoms with Crippen LogP contribution in [-0.4, -0.2) is 50.7 Å². The van der Waals surface area contributed by atoms with E-state index in [4.69, 9.17) is 4.74 Å². The van der Waals surface area contributed by atoms with Crippen LogP contribution in [0.1, 0.15) is 10.4 Å². The fraction of sp³-hybridized carbons (Fsp3) is 0.136. The predicted molar refractivity (Wildman–Crippen MR) is 129 cm³/mol. The van der Waals surface area contributed by atoms with Gasteiger partial charge in [0.1, 0.15) is 6.61 Å². The number of nitrogens with zero attached hydrogens (tertiary/aromatic N) is 4. The van der Waals surface area contributed by atoms with E-state index < -0.39 is 6.09 Å². The van der Waals surface area contributed by atoms with E-state index in [1.54, 1.807) is 47.0 Å². The maximum Gasteiger partial charge on any atom is 0.407 e. The van der Waals surface area contributed by atoms with Gasteiger partial charge in [-0.1, -0.05) is 24.4 Å². The fourth-order valence-corrected chi connectivity index (χ4v) is 4.82. The van der Waals surface area contributed by atoms with Crippen molar-refractivity contribution in [1.82, 2.24) is 25.1 Å². The number of hydrogen-bond acceptors (Lipinski definition) is 8. The van der Waals surface area contributed by atoms with Gasteiger partial charge in [0, 0.05) is 36.6 Å². The Bertz CT molecular complexity index is 1260. The number of benzene rings is 1. The van der Waals surface area contributed by atoms with Gasteiger partial charge in [0.2, 0.25) is 0 Å². The Morgan fingerprint density at radius 2 is 2.18 bits per heavy atom. The summed E-state index contributed by atoms with van der Waals surface area (Å²) in [5.74, 6) is 1.05. The number of carbonyl (C=O) groups is 2. The highest BCUT2D eigenvalue weighted by Gasteiger charge is 2.10. The molecule has 0 radical (unpaired) electrons. The molecule has 1 aromatic carbocycles. The molecule has 0 saturated carbocycles. The van der Waals surface area contributed by atoms with Crippen LogP contribution in [0.3, 0.4) is 0 Å². The van der Waals surface area contributed by atoms with Gasteiger partial charge < -0.3 is 15.4 Å². The first kappa shape index (κ1) is 22.5. The molecule has 168 valence electrons. The van der Waals surface area contributed by atoms with Crippen molar-refractivity contribution in [3.05, 3.63) is 73.2 Å². The van der Waals surface area contributed by atoms with Gasteiger partial charge >= 0.3 is 6.09 Å². The van der Waals surface area contributed by atoms with Crippen LogP contribution in [0.5, 0.6) is 0 Å². The summed E-state index contributed by atoms with van der Waals surface area (Å²) in [4.78, 5) is 32.9. The third kappa shape index (κ3) is 5.96. The molecule has 0 atom stereocenters. The van der Waals surface area contributed by atoms with Gasteiger partial charge in [-0.3, -0.25) is 4.79 Å². The van der Waals surface area contributed by atoms with Crippen molar-refractivity contribution < 1.29 is 14.3 Å². The number of aromatic nitrogens is 4. The van der Waals surface area contributed by atoms with Crippen LogP contribution >= 0.6 is 23.1 Å². The molecule has 3 heterocycles. The number of anilines is 1. The summed E-state index contributed by atoms with van der Waals surface area (Å²) in [6.45, 7) is 4.14. The summed E-state index contributed by atoms with van der Waals surface area (Å²) in [6.07, 6.45) is 6.02. The molecule has 0 aliphatic rings. The molecule has 0 saturated heterocycles. The number of pyridine rings is 1. The summed E-state index contributed by atoms with van der Waals surface area (Å²) in [6, 6.07) is 10.8. The Morgan fingerprint density at radius 3 is 2.94 bits per heavy atom. The molecule has 11 heteroatoms. The van der Waals surface area contributed by atoms with E-state index in [0.29, 0.717) is 29.4 Å². The van der Waals surface area contributed by atoms with Gasteiger partial charge in [-0.15, -0.1) is 11.3 Å². The van der Waals surface area contributed by atoms with Crippen molar-refractivity contribution in [2.24, 2.45) is 0 Å². The van der Waals surface area contributed by atoms with Gasteiger partial charge in [0.05, 0.1) is 15.8 Å². The molecule has 0 aliphatic carbocycles. The largest absolute Gasteiger partial charge is 0.445 e. The van der Waals surface area contributed by atoms with Gasteiger partial charge in [0.15, 0.2) is 10.2 Å². The van der Waals surface area contributed by atoms with Crippen LogP contribution in [0.25, 0.3) is 16.0 Å². The van der Waals surface area contributed by atoms with Gasteiger partial charge in [0.25, 0.3) is 5.91 Å². The van der Waals surface area contributed by atoms with Gasteiger partial charge in [-0.2, -0.15) is 5.10 Å². The van der Waals surface area contributed by atoms with Crippen molar-refractivity contribution in [2.75, 3.05) is 24.2 Å². The average molecular weight is 481 g/mol. The minimum atomic E-state index is -0.466. The van der Waals surface area contributed by atoms with Crippen molar-refractivity contribution in [1.29, 1.82) is 0 Å². The fourth-order valence-electron chi connectivity index (χ4n) is 2.78. The van der Waals surface area contributed by atoms with E-state index in [1.165, 1.54) is 23.6 Å². The number of carbonyl (C=O) groups excluding carboxylic acids is 2. The van der Waals surface area contributed by atoms with Crippen LogP contribution in [0.15, 0.2) is 72.0 Å². The van der Waals surface area contributed by atoms with E-state index in [9.17, 15) is 9.59 Å². The minimum Gasteiger partial charge on any atom is -0.445 e. The molecule has 4 aromatic rings. The molecule has 0 aliphatic heterocycles. The Labute approximate surface area is 197 Å². The Morgan fingerprint density at radius 1 is 1.27 bits per heavy atom. The van der Waals surface area contributed by atoms with Gasteiger partial charge in [-0.05, 0) is 36.4 Å². The second-order valence-electron chi connectivity index (χ2n) is 6.63. The summed E-state index contributed by atoms with van der Waals surface area (Å²) in [7, 11) is 0. The first-order valence-electron chi connectivity index (χ1n) is 9.95. The molecule has 2 N–H and O–H groups in total. The zero-order valence-corrected chi connectivity index (χ0v) is 19.1. The summed E-state index contributed by atoms with van der Waals surface area (Å²) < 4.78 is 8.32. The van der Waals surface area contributed by atoms with E-state index >= 15 is 0 Å². The minimum absolute atomic E-state index is 0.183. The number of hydrogen-bond donors (Lipinski definition) is 2. The van der Waals surface area contributed by atoms with Crippen molar-refractivity contribution in [3.8, 4) is 5.82 Å². The first-order chi connectivity index (χ1) is 16.1. The number of rotatable bonds is 9. The molecule has 0 fully saturated rings. The standard InChI is InChI=1S/C22H20N6O3S2/c1-2-11-31-21(30)23-9-12-32-22-27-17-6-5-16(13-18(17)33-22)26-20(29)15-4-7-19(24-14-15)28-10-3-8-25-28/h2-8,10,13-14H,1,9,11-12H2,(H,23,30)(H,26,29). The normalized spacial score (nSPS) is 10.7. The Kier molecular flexibility index (Phi) is 7.33. The number of thiazole rings is 1. The smallest absolute Gasteiger partial charge is 0.407 e. The van der Waals surface area contributed by atoms with Crippen LogP contribution < -0.4 is 10.6 Å². The van der Waals surface area contributed by atoms with Crippen molar-refractivity contribution >= 4 is 51.0 Å². The van der Waals surface area contributed by atoms with Crippen LogP contribution in [0.4, 0.5) is 10.5 Å². The average Bonchev–Trinajstić information content (AvgIpc) is 3.50. The third-order valence-corrected chi connectivity index (χ3v) is 6.47. The summed E-state index contributed by atoms with van der Waals surface area (Å²) in [5.41, 5.74) is 1.98. The van der Waals surface area contributed by atoms with Crippen LogP contribution in [0.2, 0.25) is 0 Å². The monoisotopic (exact) mass is 480 g/mol. The second-order valence-corrected chi connectivity index (χ2v) is 9.01. The maximum atomic E-state index is 12.6. The lowest BCUT2D eigenvalue weighted by Crippen LogP contribution is -2.26. The molecule has 0 spiro atoms. The number of alkyl carbamates (subject to hydrolysis) is 1. The number of ether oxygens (including phenoxy) is 1. The summed E-state index contributed by atoms with van der Waals surface area (Å²) >= 11 is 3.07. The van der Waals surface area contributed by atoms with E-state index in [0.717, 1.165) is 14.6 Å². The molecule has 4 rings (SSSR count). The first-order valence-corrected chi connectivity index (χ1v) is 11.7. The van der Waals surface area contributed by atoms with Crippen molar-refractivity contribution in [3.63, 3.8) is 0 Å². The van der Waals surface area contributed by atoms with Crippen LogP contribution in [0, 0.1) is 0 Å². The highest BCUT2D eigenvalue weighted by Crippen LogP contribution is 2.31. The molecule has 9 nitrogen and oxygen atoms in total. The van der Waals surface area contributed by atoms with Crippen molar-refractivity contribution in [2.45, 2.75) is 4.34 Å². The summed E-state index contributed by atoms with van der Waals surface area (Å²) in [5, 5.41) is 9.69.